The summed E-state index contributed by atoms with van der Waals surface area (Å²) >= 11 is 2.70. The Hall–Kier alpha value is -0.590. The second-order valence-corrected chi connectivity index (χ2v) is 3.81. The molecule has 6 heteroatoms. The van der Waals surface area contributed by atoms with Crippen molar-refractivity contribution in [2.75, 3.05) is 13.2 Å². The molecular formula is C9H6BrF3O2. The Bertz CT molecular complexity index is 391. The van der Waals surface area contributed by atoms with Crippen molar-refractivity contribution in [2.24, 2.45) is 0 Å². The molecule has 0 unspecified atom stereocenters. The van der Waals surface area contributed by atoms with Crippen molar-refractivity contribution >= 4 is 15.9 Å². The average Bonchev–Trinajstić information content (AvgIpc) is 2.68. The van der Waals surface area contributed by atoms with Crippen molar-refractivity contribution in [1.29, 1.82) is 0 Å². The molecule has 2 nitrogen and oxygen atoms in total. The molecule has 1 aliphatic heterocycles. The fraction of sp³-hybridized carbons (Fsp3) is 0.333. The van der Waals surface area contributed by atoms with E-state index in [9.17, 15) is 13.2 Å². The molecule has 0 N–H and O–H groups in total. The summed E-state index contributed by atoms with van der Waals surface area (Å²) in [5, 5.41) is 0. The predicted molar refractivity (Wildman–Crippen MR) is 48.7 cm³/mol. The van der Waals surface area contributed by atoms with Gasteiger partial charge in [0.05, 0.1) is 23.2 Å². The molecule has 0 amide bonds. The molecule has 1 aromatic rings. The Balaban J connectivity index is 2.50. The third-order valence-corrected chi connectivity index (χ3v) is 2.58. The smallest absolute Gasteiger partial charge is 0.189 e. The number of hydrogen-bond donors (Lipinski definition) is 0. The van der Waals surface area contributed by atoms with E-state index in [1.807, 2.05) is 0 Å². The van der Waals surface area contributed by atoms with E-state index in [-0.39, 0.29) is 17.7 Å². The highest BCUT2D eigenvalue weighted by Crippen LogP contribution is 2.32. The lowest BCUT2D eigenvalue weighted by Gasteiger charge is -2.12. The molecule has 15 heavy (non-hydrogen) atoms. The zero-order valence-electron chi connectivity index (χ0n) is 7.40. The summed E-state index contributed by atoms with van der Waals surface area (Å²) in [6, 6.07) is 0.846. The second-order valence-electron chi connectivity index (χ2n) is 2.96. The second kappa shape index (κ2) is 4.11. The highest BCUT2D eigenvalue weighted by Gasteiger charge is 2.28. The molecule has 2 rings (SSSR count). The number of hydrogen-bond acceptors (Lipinski definition) is 2. The van der Waals surface area contributed by atoms with E-state index in [4.69, 9.17) is 9.47 Å². The molecular weight excluding hydrogens is 277 g/mol. The minimum absolute atomic E-state index is 0.237. The summed E-state index contributed by atoms with van der Waals surface area (Å²) in [5.41, 5.74) is -0.520. The van der Waals surface area contributed by atoms with Crippen molar-refractivity contribution in [3.8, 4) is 0 Å². The molecule has 0 aromatic heterocycles. The molecule has 0 radical (unpaired) electrons. The number of ether oxygens (including phenoxy) is 2. The van der Waals surface area contributed by atoms with Crippen molar-refractivity contribution < 1.29 is 22.6 Å². The fourth-order valence-electron chi connectivity index (χ4n) is 1.32. The van der Waals surface area contributed by atoms with Gasteiger partial charge in [-0.05, 0) is 22.0 Å². The van der Waals surface area contributed by atoms with Gasteiger partial charge >= 0.3 is 0 Å². The molecule has 1 heterocycles. The van der Waals surface area contributed by atoms with E-state index < -0.39 is 29.3 Å². The number of benzene rings is 1. The minimum atomic E-state index is -1.28. The van der Waals surface area contributed by atoms with Crippen LogP contribution in [0.4, 0.5) is 13.2 Å². The molecule has 1 fully saturated rings. The van der Waals surface area contributed by atoms with Gasteiger partial charge in [0, 0.05) is 0 Å². The third kappa shape index (κ3) is 1.89. The van der Waals surface area contributed by atoms with Gasteiger partial charge in [0.1, 0.15) is 5.82 Å². The lowest BCUT2D eigenvalue weighted by Crippen LogP contribution is -2.07. The van der Waals surface area contributed by atoms with Gasteiger partial charge in [-0.3, -0.25) is 0 Å². The van der Waals surface area contributed by atoms with Gasteiger partial charge in [0.15, 0.2) is 17.9 Å². The van der Waals surface area contributed by atoms with Gasteiger partial charge in [0.25, 0.3) is 0 Å². The molecule has 0 atom stereocenters. The molecule has 0 spiro atoms. The monoisotopic (exact) mass is 282 g/mol. The lowest BCUT2D eigenvalue weighted by molar-refractivity contribution is -0.0493. The van der Waals surface area contributed by atoms with Crippen LogP contribution >= 0.6 is 15.9 Å². The average molecular weight is 283 g/mol. The number of rotatable bonds is 1. The van der Waals surface area contributed by atoms with Crippen molar-refractivity contribution in [3.05, 3.63) is 33.6 Å². The van der Waals surface area contributed by atoms with Crippen molar-refractivity contribution in [1.82, 2.24) is 0 Å². The van der Waals surface area contributed by atoms with Gasteiger partial charge in [0.2, 0.25) is 0 Å². The summed E-state index contributed by atoms with van der Waals surface area (Å²) in [5.74, 6) is -3.33. The Morgan fingerprint density at radius 1 is 1.13 bits per heavy atom. The summed E-state index contributed by atoms with van der Waals surface area (Å²) in [6.45, 7) is 0.475. The molecule has 1 aromatic carbocycles. The fourth-order valence-corrected chi connectivity index (χ4v) is 1.70. The van der Waals surface area contributed by atoms with Crippen LogP contribution in [0.15, 0.2) is 10.5 Å². The number of halogens is 4. The normalized spacial score (nSPS) is 17.3. The van der Waals surface area contributed by atoms with Crippen LogP contribution in [0.2, 0.25) is 0 Å². The van der Waals surface area contributed by atoms with Crippen LogP contribution in [-0.2, 0) is 9.47 Å². The highest BCUT2D eigenvalue weighted by molar-refractivity contribution is 9.10. The lowest BCUT2D eigenvalue weighted by atomic mass is 10.2. The Kier molecular flexibility index (Phi) is 2.99. The van der Waals surface area contributed by atoms with Crippen LogP contribution < -0.4 is 0 Å². The molecule has 1 saturated heterocycles. The molecule has 82 valence electrons. The van der Waals surface area contributed by atoms with E-state index in [1.54, 1.807) is 0 Å². The minimum Gasteiger partial charge on any atom is -0.346 e. The van der Waals surface area contributed by atoms with Crippen molar-refractivity contribution in [2.45, 2.75) is 6.29 Å². The summed E-state index contributed by atoms with van der Waals surface area (Å²) < 4.78 is 49.4. The standard InChI is InChI=1S/C9H6BrF3O2/c10-4-3-5(11)6(8(13)7(4)12)9-14-1-2-15-9/h3,9H,1-2H2. The Morgan fingerprint density at radius 2 is 1.73 bits per heavy atom. The first-order valence-corrected chi connectivity index (χ1v) is 4.96. The van der Waals surface area contributed by atoms with Crippen LogP contribution in [0.3, 0.4) is 0 Å². The highest BCUT2D eigenvalue weighted by atomic mass is 79.9. The van der Waals surface area contributed by atoms with E-state index in [0.29, 0.717) is 0 Å². The van der Waals surface area contributed by atoms with Crippen LogP contribution in [0.1, 0.15) is 11.9 Å². The quantitative estimate of drug-likeness (QED) is 0.583. The largest absolute Gasteiger partial charge is 0.346 e. The maximum Gasteiger partial charge on any atom is 0.189 e. The zero-order chi connectivity index (χ0) is 11.0. The van der Waals surface area contributed by atoms with Gasteiger partial charge < -0.3 is 9.47 Å². The maximum absolute atomic E-state index is 13.4. The maximum atomic E-state index is 13.4. The Morgan fingerprint density at radius 3 is 2.33 bits per heavy atom. The van der Waals surface area contributed by atoms with Crippen molar-refractivity contribution in [3.63, 3.8) is 0 Å². The van der Waals surface area contributed by atoms with Crippen LogP contribution in [-0.4, -0.2) is 13.2 Å². The Labute approximate surface area is 92.1 Å². The summed E-state index contributed by atoms with van der Waals surface area (Å²) in [6.07, 6.45) is -1.16. The van der Waals surface area contributed by atoms with E-state index in [2.05, 4.69) is 15.9 Å². The summed E-state index contributed by atoms with van der Waals surface area (Å²) in [7, 11) is 0. The van der Waals surface area contributed by atoms with Gasteiger partial charge in [-0.1, -0.05) is 0 Å². The summed E-state index contributed by atoms with van der Waals surface area (Å²) in [4.78, 5) is 0. The molecule has 0 saturated carbocycles. The van der Waals surface area contributed by atoms with Crippen LogP contribution in [0, 0.1) is 17.5 Å². The molecule has 0 aliphatic carbocycles. The van der Waals surface area contributed by atoms with Crippen LogP contribution in [0.5, 0.6) is 0 Å². The zero-order valence-corrected chi connectivity index (χ0v) is 8.98. The first-order valence-electron chi connectivity index (χ1n) is 4.17. The van der Waals surface area contributed by atoms with E-state index in [1.165, 1.54) is 0 Å². The predicted octanol–water partition coefficient (Wildman–Crippen LogP) is 2.91. The third-order valence-electron chi connectivity index (χ3n) is 2.01. The van der Waals surface area contributed by atoms with Gasteiger partial charge in [-0.2, -0.15) is 0 Å². The first-order chi connectivity index (χ1) is 7.11. The molecule has 0 bridgehead atoms. The van der Waals surface area contributed by atoms with E-state index >= 15 is 0 Å². The molecule has 1 aliphatic rings. The van der Waals surface area contributed by atoms with E-state index in [0.717, 1.165) is 6.07 Å². The SMILES string of the molecule is Fc1cc(Br)c(F)c(F)c1C1OCCO1. The first kappa shape index (κ1) is 10.9. The van der Waals surface area contributed by atoms with Crippen LogP contribution in [0.25, 0.3) is 0 Å². The topological polar surface area (TPSA) is 18.5 Å². The van der Waals surface area contributed by atoms with Gasteiger partial charge in [-0.25, -0.2) is 13.2 Å². The van der Waals surface area contributed by atoms with Gasteiger partial charge in [-0.15, -0.1) is 0 Å².